The van der Waals surface area contributed by atoms with Gasteiger partial charge < -0.3 is 5.32 Å². The van der Waals surface area contributed by atoms with E-state index in [9.17, 15) is 13.2 Å². The molecule has 0 saturated heterocycles. The molecule has 0 fully saturated rings. The molecule has 0 radical (unpaired) electrons. The van der Waals surface area contributed by atoms with Crippen LogP contribution in [-0.2, 0) is 0 Å². The lowest BCUT2D eigenvalue weighted by molar-refractivity contribution is -0.133. The van der Waals surface area contributed by atoms with Crippen molar-refractivity contribution in [1.29, 1.82) is 0 Å². The SMILES string of the molecule is Cc1cc(C)cc(C(C)NCCC(F)(F)F)c1. The third-order valence-corrected chi connectivity index (χ3v) is 2.60. The van der Waals surface area contributed by atoms with Crippen LogP contribution < -0.4 is 5.32 Å². The molecule has 1 aromatic rings. The van der Waals surface area contributed by atoms with Gasteiger partial charge in [-0.1, -0.05) is 29.3 Å². The van der Waals surface area contributed by atoms with E-state index < -0.39 is 12.6 Å². The number of hydrogen-bond acceptors (Lipinski definition) is 1. The second-order valence-corrected chi connectivity index (χ2v) is 4.46. The summed E-state index contributed by atoms with van der Waals surface area (Å²) in [6.07, 6.45) is -4.88. The summed E-state index contributed by atoms with van der Waals surface area (Å²) in [5.41, 5.74) is 3.29. The minimum Gasteiger partial charge on any atom is -0.310 e. The Morgan fingerprint density at radius 1 is 1.12 bits per heavy atom. The summed E-state index contributed by atoms with van der Waals surface area (Å²) < 4.78 is 36.0. The topological polar surface area (TPSA) is 12.0 Å². The first-order valence-electron chi connectivity index (χ1n) is 5.66. The molecule has 0 spiro atoms. The van der Waals surface area contributed by atoms with Gasteiger partial charge in [-0.2, -0.15) is 13.2 Å². The Labute approximate surface area is 100 Å². The van der Waals surface area contributed by atoms with Crippen molar-refractivity contribution in [1.82, 2.24) is 5.32 Å². The molecule has 1 atom stereocenters. The number of hydrogen-bond donors (Lipinski definition) is 1. The van der Waals surface area contributed by atoms with Gasteiger partial charge in [-0.05, 0) is 26.3 Å². The minimum atomic E-state index is -4.09. The van der Waals surface area contributed by atoms with E-state index in [-0.39, 0.29) is 12.6 Å². The van der Waals surface area contributed by atoms with Crippen molar-refractivity contribution in [3.8, 4) is 0 Å². The predicted molar refractivity (Wildman–Crippen MR) is 63.0 cm³/mol. The Morgan fingerprint density at radius 3 is 2.12 bits per heavy atom. The van der Waals surface area contributed by atoms with E-state index in [4.69, 9.17) is 0 Å². The average molecular weight is 245 g/mol. The lowest BCUT2D eigenvalue weighted by Crippen LogP contribution is -2.24. The minimum absolute atomic E-state index is 0.0440. The maximum absolute atomic E-state index is 12.0. The number of nitrogens with one attached hydrogen (secondary N) is 1. The number of aryl methyl sites for hydroxylation is 2. The van der Waals surface area contributed by atoms with E-state index in [1.165, 1.54) is 0 Å². The monoisotopic (exact) mass is 245 g/mol. The fourth-order valence-corrected chi connectivity index (χ4v) is 1.81. The molecule has 96 valence electrons. The third-order valence-electron chi connectivity index (χ3n) is 2.60. The maximum atomic E-state index is 12.0. The highest BCUT2D eigenvalue weighted by Crippen LogP contribution is 2.20. The van der Waals surface area contributed by atoms with E-state index in [0.717, 1.165) is 16.7 Å². The van der Waals surface area contributed by atoms with Crippen LogP contribution >= 0.6 is 0 Å². The van der Waals surface area contributed by atoms with Gasteiger partial charge in [0, 0.05) is 12.6 Å². The smallest absolute Gasteiger partial charge is 0.310 e. The van der Waals surface area contributed by atoms with Crippen molar-refractivity contribution in [3.63, 3.8) is 0 Å². The number of rotatable bonds is 4. The molecule has 0 aliphatic heterocycles. The average Bonchev–Trinajstić information content (AvgIpc) is 2.13. The van der Waals surface area contributed by atoms with E-state index in [0.29, 0.717) is 0 Å². The van der Waals surface area contributed by atoms with Crippen LogP contribution in [0.1, 0.15) is 36.1 Å². The van der Waals surface area contributed by atoms with E-state index >= 15 is 0 Å². The molecule has 0 heterocycles. The van der Waals surface area contributed by atoms with Gasteiger partial charge in [0.15, 0.2) is 0 Å². The second-order valence-electron chi connectivity index (χ2n) is 4.46. The lowest BCUT2D eigenvalue weighted by atomic mass is 10.0. The van der Waals surface area contributed by atoms with Crippen LogP contribution in [0.15, 0.2) is 18.2 Å². The summed E-state index contributed by atoms with van der Waals surface area (Å²) in [5, 5.41) is 2.89. The Kier molecular flexibility index (Phi) is 4.57. The molecular weight excluding hydrogens is 227 g/mol. The summed E-state index contributed by atoms with van der Waals surface area (Å²) >= 11 is 0. The molecule has 0 bridgehead atoms. The first kappa shape index (κ1) is 14.0. The van der Waals surface area contributed by atoms with Gasteiger partial charge in [0.2, 0.25) is 0 Å². The fraction of sp³-hybridized carbons (Fsp3) is 0.538. The molecular formula is C13H18F3N. The molecule has 0 aliphatic carbocycles. The second kappa shape index (κ2) is 5.54. The van der Waals surface area contributed by atoms with Crippen LogP contribution in [-0.4, -0.2) is 12.7 Å². The van der Waals surface area contributed by atoms with Crippen molar-refractivity contribution >= 4 is 0 Å². The zero-order chi connectivity index (χ0) is 13.1. The maximum Gasteiger partial charge on any atom is 0.390 e. The van der Waals surface area contributed by atoms with Crippen LogP contribution in [0.2, 0.25) is 0 Å². The molecule has 0 aliphatic rings. The largest absolute Gasteiger partial charge is 0.390 e. The Morgan fingerprint density at radius 2 is 1.65 bits per heavy atom. The van der Waals surface area contributed by atoms with Crippen LogP contribution in [0.3, 0.4) is 0 Å². The zero-order valence-corrected chi connectivity index (χ0v) is 10.4. The van der Waals surface area contributed by atoms with Crippen molar-refractivity contribution < 1.29 is 13.2 Å². The van der Waals surface area contributed by atoms with E-state index in [1.54, 1.807) is 0 Å². The Balaban J connectivity index is 2.55. The highest BCUT2D eigenvalue weighted by Gasteiger charge is 2.26. The fourth-order valence-electron chi connectivity index (χ4n) is 1.81. The molecule has 17 heavy (non-hydrogen) atoms. The number of halogens is 3. The van der Waals surface area contributed by atoms with Gasteiger partial charge >= 0.3 is 6.18 Å². The summed E-state index contributed by atoms with van der Waals surface area (Å²) in [4.78, 5) is 0. The lowest BCUT2D eigenvalue weighted by Gasteiger charge is -2.16. The van der Waals surface area contributed by atoms with Gasteiger partial charge in [0.1, 0.15) is 0 Å². The molecule has 1 N–H and O–H groups in total. The van der Waals surface area contributed by atoms with Gasteiger partial charge in [0.05, 0.1) is 6.42 Å². The standard InChI is InChI=1S/C13H18F3N/c1-9-6-10(2)8-12(7-9)11(3)17-5-4-13(14,15)16/h6-8,11,17H,4-5H2,1-3H3. The van der Waals surface area contributed by atoms with Gasteiger partial charge in [0.25, 0.3) is 0 Å². The Bertz CT molecular complexity index is 351. The molecule has 1 rings (SSSR count). The summed E-state index contributed by atoms with van der Waals surface area (Å²) in [7, 11) is 0. The van der Waals surface area contributed by atoms with E-state index in [2.05, 4.69) is 5.32 Å². The van der Waals surface area contributed by atoms with Crippen LogP contribution in [0, 0.1) is 13.8 Å². The van der Waals surface area contributed by atoms with Crippen LogP contribution in [0.25, 0.3) is 0 Å². The first-order valence-corrected chi connectivity index (χ1v) is 5.66. The molecule has 0 aromatic heterocycles. The third kappa shape index (κ3) is 5.22. The molecule has 0 saturated carbocycles. The van der Waals surface area contributed by atoms with Crippen molar-refractivity contribution in [2.24, 2.45) is 0 Å². The predicted octanol–water partition coefficient (Wildman–Crippen LogP) is 3.91. The highest BCUT2D eigenvalue weighted by molar-refractivity contribution is 5.30. The first-order chi connectivity index (χ1) is 7.78. The summed E-state index contributed by atoms with van der Waals surface area (Å²) in [5.74, 6) is 0. The van der Waals surface area contributed by atoms with Crippen LogP contribution in [0.4, 0.5) is 13.2 Å². The molecule has 1 aromatic carbocycles. The quantitative estimate of drug-likeness (QED) is 0.848. The Hall–Kier alpha value is -1.03. The summed E-state index contributed by atoms with van der Waals surface area (Å²) in [6.45, 7) is 5.81. The molecule has 1 nitrogen and oxygen atoms in total. The van der Waals surface area contributed by atoms with Gasteiger partial charge in [-0.3, -0.25) is 0 Å². The zero-order valence-electron chi connectivity index (χ0n) is 10.4. The van der Waals surface area contributed by atoms with Crippen molar-refractivity contribution in [2.75, 3.05) is 6.54 Å². The van der Waals surface area contributed by atoms with Crippen molar-refractivity contribution in [3.05, 3.63) is 34.9 Å². The summed E-state index contributed by atoms with van der Waals surface area (Å²) in [6, 6.07) is 5.98. The molecule has 1 unspecified atom stereocenters. The number of alkyl halides is 3. The molecule has 0 amide bonds. The highest BCUT2D eigenvalue weighted by atomic mass is 19.4. The van der Waals surface area contributed by atoms with Gasteiger partial charge in [-0.25, -0.2) is 0 Å². The van der Waals surface area contributed by atoms with Crippen molar-refractivity contribution in [2.45, 2.75) is 39.4 Å². The molecule has 4 heteroatoms. The van der Waals surface area contributed by atoms with E-state index in [1.807, 2.05) is 39.0 Å². The normalized spacial score (nSPS) is 13.8. The number of benzene rings is 1. The van der Waals surface area contributed by atoms with Gasteiger partial charge in [-0.15, -0.1) is 0 Å². The van der Waals surface area contributed by atoms with Crippen LogP contribution in [0.5, 0.6) is 0 Å².